The molecule has 0 spiro atoms. The second-order valence-corrected chi connectivity index (χ2v) is 7.35. The van der Waals surface area contributed by atoms with Crippen LogP contribution in [0.1, 0.15) is 5.56 Å². The van der Waals surface area contributed by atoms with Gasteiger partial charge in [0.15, 0.2) is 0 Å². The van der Waals surface area contributed by atoms with Crippen LogP contribution in [-0.2, 0) is 6.18 Å². The number of H-pyrrole nitrogens is 1. The lowest BCUT2D eigenvalue weighted by Crippen LogP contribution is -2.10. The predicted molar refractivity (Wildman–Crippen MR) is 114 cm³/mol. The Morgan fingerprint density at radius 3 is 2.67 bits per heavy atom. The first kappa shape index (κ1) is 19.1. The Morgan fingerprint density at radius 2 is 1.82 bits per heavy atom. The van der Waals surface area contributed by atoms with Gasteiger partial charge in [-0.05, 0) is 36.4 Å². The highest BCUT2D eigenvalue weighted by atomic mass is 19.4. The minimum absolute atomic E-state index is 0.175. The number of nitrogens with two attached hydrogens (primary N) is 1. The van der Waals surface area contributed by atoms with Crippen molar-refractivity contribution in [2.24, 2.45) is 0 Å². The van der Waals surface area contributed by atoms with Crippen LogP contribution in [0, 0.1) is 0 Å². The Labute approximate surface area is 182 Å². The minimum Gasteiger partial charge on any atom is -0.383 e. The van der Waals surface area contributed by atoms with Crippen molar-refractivity contribution < 1.29 is 13.2 Å². The van der Waals surface area contributed by atoms with Crippen molar-refractivity contribution in [2.45, 2.75) is 6.18 Å². The summed E-state index contributed by atoms with van der Waals surface area (Å²) in [6.45, 7) is 0. The van der Waals surface area contributed by atoms with Crippen LogP contribution in [0.5, 0.6) is 0 Å². The SMILES string of the molecule is Nc1ncc(-c2ccc3ncc4nnn(-c5ccc6[nH]ncc6c5)c4c3n2)cc1C(F)(F)F. The molecule has 0 fully saturated rings. The average Bonchev–Trinajstić information content (AvgIpc) is 3.44. The van der Waals surface area contributed by atoms with Crippen LogP contribution in [0.4, 0.5) is 19.0 Å². The zero-order valence-corrected chi connectivity index (χ0v) is 16.5. The van der Waals surface area contributed by atoms with Crippen LogP contribution in [0.2, 0.25) is 0 Å². The molecule has 0 aliphatic heterocycles. The lowest BCUT2D eigenvalue weighted by molar-refractivity contribution is -0.137. The van der Waals surface area contributed by atoms with Crippen LogP contribution < -0.4 is 5.73 Å². The first-order chi connectivity index (χ1) is 15.9. The van der Waals surface area contributed by atoms with E-state index in [1.54, 1.807) is 29.2 Å². The number of pyridine rings is 3. The number of nitrogen functional groups attached to an aromatic ring is 1. The van der Waals surface area contributed by atoms with Crippen molar-refractivity contribution in [1.82, 2.24) is 40.1 Å². The summed E-state index contributed by atoms with van der Waals surface area (Å²) >= 11 is 0. The number of nitrogens with zero attached hydrogens (tertiary/aromatic N) is 7. The zero-order chi connectivity index (χ0) is 22.7. The quantitative estimate of drug-likeness (QED) is 0.412. The molecule has 0 bridgehead atoms. The van der Waals surface area contributed by atoms with Gasteiger partial charge in [-0.3, -0.25) is 10.1 Å². The van der Waals surface area contributed by atoms with E-state index in [9.17, 15) is 13.2 Å². The second kappa shape index (κ2) is 6.69. The largest absolute Gasteiger partial charge is 0.419 e. The van der Waals surface area contributed by atoms with Gasteiger partial charge in [0.2, 0.25) is 0 Å². The summed E-state index contributed by atoms with van der Waals surface area (Å²) in [6, 6.07) is 9.81. The van der Waals surface area contributed by atoms with E-state index in [2.05, 4.69) is 35.5 Å². The van der Waals surface area contributed by atoms with Gasteiger partial charge in [-0.2, -0.15) is 18.3 Å². The number of alkyl halides is 3. The lowest BCUT2D eigenvalue weighted by atomic mass is 10.1. The van der Waals surface area contributed by atoms with E-state index in [1.165, 1.54) is 6.20 Å². The molecule has 0 aliphatic rings. The fourth-order valence-electron chi connectivity index (χ4n) is 3.71. The molecule has 6 aromatic rings. The maximum absolute atomic E-state index is 13.3. The third kappa shape index (κ3) is 3.03. The standard InChI is InChI=1S/C21H12F3N9/c22-21(23,24)13-6-11(7-27-20(13)25)14-3-4-16-18(29-14)19-17(9-26-16)31-32-33(19)12-1-2-15-10(5-12)8-28-30-15/h1-9H,(H2,25,27)(H,28,30). The number of rotatable bonds is 2. The lowest BCUT2D eigenvalue weighted by Gasteiger charge is -2.11. The maximum atomic E-state index is 13.3. The van der Waals surface area contributed by atoms with Gasteiger partial charge in [0.05, 0.1) is 40.4 Å². The van der Waals surface area contributed by atoms with Crippen molar-refractivity contribution in [3.05, 3.63) is 60.6 Å². The number of hydrogen-bond acceptors (Lipinski definition) is 7. The Hall–Kier alpha value is -4.61. The number of fused-ring (bicyclic) bond motifs is 4. The van der Waals surface area contributed by atoms with Gasteiger partial charge < -0.3 is 5.73 Å². The molecule has 0 unspecified atom stereocenters. The Kier molecular flexibility index (Phi) is 3.87. The van der Waals surface area contributed by atoms with E-state index in [1.807, 2.05) is 18.2 Å². The van der Waals surface area contributed by atoms with Crippen LogP contribution in [0.3, 0.4) is 0 Å². The van der Waals surface area contributed by atoms with Gasteiger partial charge in [0.25, 0.3) is 0 Å². The third-order valence-corrected chi connectivity index (χ3v) is 5.31. The number of halogens is 3. The van der Waals surface area contributed by atoms with E-state index in [4.69, 9.17) is 5.73 Å². The molecule has 0 aliphatic carbocycles. The summed E-state index contributed by atoms with van der Waals surface area (Å²) in [4.78, 5) is 12.7. The molecule has 0 saturated carbocycles. The van der Waals surface area contributed by atoms with Crippen LogP contribution in [-0.4, -0.2) is 40.1 Å². The van der Waals surface area contributed by atoms with Gasteiger partial charge in [-0.1, -0.05) is 5.21 Å². The maximum Gasteiger partial charge on any atom is 0.419 e. The third-order valence-electron chi connectivity index (χ3n) is 5.31. The molecule has 6 rings (SSSR count). The Morgan fingerprint density at radius 1 is 0.939 bits per heavy atom. The van der Waals surface area contributed by atoms with Crippen molar-refractivity contribution in [2.75, 3.05) is 5.73 Å². The summed E-state index contributed by atoms with van der Waals surface area (Å²) < 4.78 is 41.6. The topological polar surface area (TPSA) is 124 Å². The summed E-state index contributed by atoms with van der Waals surface area (Å²) in [5.41, 5.74) is 8.51. The Balaban J connectivity index is 1.58. The van der Waals surface area contributed by atoms with Crippen molar-refractivity contribution >= 4 is 38.8 Å². The van der Waals surface area contributed by atoms with Crippen LogP contribution in [0.25, 0.3) is 49.9 Å². The molecule has 0 saturated heterocycles. The Bertz CT molecular complexity index is 1680. The zero-order valence-electron chi connectivity index (χ0n) is 16.5. The summed E-state index contributed by atoms with van der Waals surface area (Å²) in [5, 5.41) is 16.2. The first-order valence-corrected chi connectivity index (χ1v) is 9.66. The molecule has 0 atom stereocenters. The minimum atomic E-state index is -4.63. The highest BCUT2D eigenvalue weighted by Gasteiger charge is 2.34. The predicted octanol–water partition coefficient (Wildman–Crippen LogP) is 3.90. The molecular weight excluding hydrogens is 435 g/mol. The smallest absolute Gasteiger partial charge is 0.383 e. The van der Waals surface area contributed by atoms with Gasteiger partial charge >= 0.3 is 6.18 Å². The van der Waals surface area contributed by atoms with Gasteiger partial charge in [-0.15, -0.1) is 5.10 Å². The molecule has 5 aromatic heterocycles. The fraction of sp³-hybridized carbons (Fsp3) is 0.0476. The van der Waals surface area contributed by atoms with E-state index in [0.29, 0.717) is 22.1 Å². The van der Waals surface area contributed by atoms with E-state index in [0.717, 1.165) is 22.7 Å². The van der Waals surface area contributed by atoms with E-state index in [-0.39, 0.29) is 11.3 Å². The average molecular weight is 447 g/mol. The number of hydrogen-bond donors (Lipinski definition) is 2. The van der Waals surface area contributed by atoms with E-state index >= 15 is 0 Å². The van der Waals surface area contributed by atoms with Crippen molar-refractivity contribution in [3.63, 3.8) is 0 Å². The summed E-state index contributed by atoms with van der Waals surface area (Å²) in [5.74, 6) is -0.590. The molecule has 9 nitrogen and oxygen atoms in total. The normalized spacial score (nSPS) is 12.2. The van der Waals surface area contributed by atoms with Gasteiger partial charge in [0, 0.05) is 17.1 Å². The summed E-state index contributed by atoms with van der Waals surface area (Å²) in [7, 11) is 0. The number of aromatic amines is 1. The number of aromatic nitrogens is 8. The highest BCUT2D eigenvalue weighted by molar-refractivity contribution is 6.00. The molecule has 1 aromatic carbocycles. The summed E-state index contributed by atoms with van der Waals surface area (Å²) in [6.07, 6.45) is -0.104. The van der Waals surface area contributed by atoms with Crippen LogP contribution >= 0.6 is 0 Å². The molecule has 3 N–H and O–H groups in total. The monoisotopic (exact) mass is 447 g/mol. The molecule has 0 radical (unpaired) electrons. The molecule has 0 amide bonds. The molecule has 33 heavy (non-hydrogen) atoms. The van der Waals surface area contributed by atoms with Gasteiger partial charge in [0.1, 0.15) is 22.4 Å². The second-order valence-electron chi connectivity index (χ2n) is 7.35. The first-order valence-electron chi connectivity index (χ1n) is 9.66. The van der Waals surface area contributed by atoms with E-state index < -0.39 is 17.6 Å². The molecule has 162 valence electrons. The van der Waals surface area contributed by atoms with Crippen molar-refractivity contribution in [3.8, 4) is 16.9 Å². The molecule has 12 heteroatoms. The van der Waals surface area contributed by atoms with Crippen LogP contribution in [0.15, 0.2) is 55.0 Å². The molecular formula is C21H12F3N9. The van der Waals surface area contributed by atoms with Gasteiger partial charge in [-0.25, -0.2) is 14.6 Å². The number of anilines is 1. The van der Waals surface area contributed by atoms with Crippen molar-refractivity contribution in [1.29, 1.82) is 0 Å². The molecule has 5 heterocycles. The number of nitrogens with one attached hydrogen (secondary N) is 1. The fourth-order valence-corrected chi connectivity index (χ4v) is 3.71. The highest BCUT2D eigenvalue weighted by Crippen LogP contribution is 2.35. The number of benzene rings is 1.